The Morgan fingerprint density at radius 3 is 2.71 bits per heavy atom. The van der Waals surface area contributed by atoms with Crippen molar-refractivity contribution in [1.29, 1.82) is 0 Å². The van der Waals surface area contributed by atoms with Gasteiger partial charge in [0.1, 0.15) is 6.61 Å². The van der Waals surface area contributed by atoms with Crippen LogP contribution in [0, 0.1) is 0 Å². The lowest BCUT2D eigenvalue weighted by Gasteiger charge is -2.19. The first-order valence-electron chi connectivity index (χ1n) is 7.17. The number of methoxy groups -OCH3 is 1. The Balaban J connectivity index is 1.84. The summed E-state index contributed by atoms with van der Waals surface area (Å²) >= 11 is 0. The highest BCUT2D eigenvalue weighted by Crippen LogP contribution is 2.32. The van der Waals surface area contributed by atoms with Crippen molar-refractivity contribution in [3.8, 4) is 11.5 Å². The SMILES string of the molecule is COc1cc2c(cc1OCc1ccccc1)C=N[C@@H](C)C2. The average molecular weight is 281 g/mol. The largest absolute Gasteiger partial charge is 0.493 e. The summed E-state index contributed by atoms with van der Waals surface area (Å²) in [6.07, 6.45) is 2.87. The van der Waals surface area contributed by atoms with E-state index in [4.69, 9.17) is 9.47 Å². The van der Waals surface area contributed by atoms with Gasteiger partial charge in [0.2, 0.25) is 0 Å². The Morgan fingerprint density at radius 1 is 1.14 bits per heavy atom. The van der Waals surface area contributed by atoms with Gasteiger partial charge < -0.3 is 9.47 Å². The molecule has 0 fully saturated rings. The van der Waals surface area contributed by atoms with Crippen molar-refractivity contribution in [2.24, 2.45) is 4.99 Å². The molecular formula is C18H19NO2. The minimum atomic E-state index is 0.332. The molecule has 1 atom stereocenters. The van der Waals surface area contributed by atoms with Gasteiger partial charge in [0.25, 0.3) is 0 Å². The van der Waals surface area contributed by atoms with E-state index in [0.29, 0.717) is 12.6 Å². The molecule has 3 rings (SSSR count). The fraction of sp³-hybridized carbons (Fsp3) is 0.278. The standard InChI is InChI=1S/C18H19NO2/c1-13-8-15-9-17(20-2)18(10-16(15)11-19-13)21-12-14-6-4-3-5-7-14/h3-7,9-11,13H,8,12H2,1-2H3/t13-/m0/s1. The van der Waals surface area contributed by atoms with Gasteiger partial charge in [-0.15, -0.1) is 0 Å². The maximum Gasteiger partial charge on any atom is 0.162 e. The summed E-state index contributed by atoms with van der Waals surface area (Å²) in [7, 11) is 1.68. The molecule has 1 heterocycles. The van der Waals surface area contributed by atoms with Gasteiger partial charge in [0.15, 0.2) is 11.5 Å². The van der Waals surface area contributed by atoms with Crippen LogP contribution in [-0.2, 0) is 13.0 Å². The molecule has 0 bridgehead atoms. The molecule has 21 heavy (non-hydrogen) atoms. The van der Waals surface area contributed by atoms with E-state index in [9.17, 15) is 0 Å². The molecular weight excluding hydrogens is 262 g/mol. The Labute approximate surface area is 125 Å². The molecule has 0 aromatic heterocycles. The molecule has 3 nitrogen and oxygen atoms in total. The first-order valence-corrected chi connectivity index (χ1v) is 7.17. The number of hydrogen-bond acceptors (Lipinski definition) is 3. The summed E-state index contributed by atoms with van der Waals surface area (Å²) in [5, 5.41) is 0. The Hall–Kier alpha value is -2.29. The molecule has 0 N–H and O–H groups in total. The third-order valence-electron chi connectivity index (χ3n) is 3.65. The van der Waals surface area contributed by atoms with Crippen LogP contribution in [0.1, 0.15) is 23.6 Å². The van der Waals surface area contributed by atoms with E-state index in [2.05, 4.69) is 18.0 Å². The van der Waals surface area contributed by atoms with Crippen molar-refractivity contribution >= 4 is 6.21 Å². The molecule has 0 unspecified atom stereocenters. The van der Waals surface area contributed by atoms with E-state index in [1.54, 1.807) is 7.11 Å². The minimum absolute atomic E-state index is 0.332. The van der Waals surface area contributed by atoms with Gasteiger partial charge in [0.05, 0.1) is 13.2 Å². The van der Waals surface area contributed by atoms with Crippen molar-refractivity contribution in [3.63, 3.8) is 0 Å². The Kier molecular flexibility index (Phi) is 3.91. The van der Waals surface area contributed by atoms with Crippen LogP contribution in [0.4, 0.5) is 0 Å². The van der Waals surface area contributed by atoms with E-state index < -0.39 is 0 Å². The molecule has 0 saturated carbocycles. The highest BCUT2D eigenvalue weighted by atomic mass is 16.5. The zero-order chi connectivity index (χ0) is 14.7. The monoisotopic (exact) mass is 281 g/mol. The second-order valence-corrected chi connectivity index (χ2v) is 5.31. The highest BCUT2D eigenvalue weighted by molar-refractivity contribution is 5.84. The molecule has 0 spiro atoms. The zero-order valence-electron chi connectivity index (χ0n) is 12.4. The van der Waals surface area contributed by atoms with E-state index in [1.807, 2.05) is 42.6 Å². The molecule has 1 aliphatic heterocycles. The van der Waals surface area contributed by atoms with Crippen LogP contribution in [0.15, 0.2) is 47.5 Å². The van der Waals surface area contributed by atoms with Gasteiger partial charge >= 0.3 is 0 Å². The number of hydrogen-bond donors (Lipinski definition) is 0. The summed E-state index contributed by atoms with van der Waals surface area (Å²) in [5.41, 5.74) is 3.53. The predicted octanol–water partition coefficient (Wildman–Crippen LogP) is 3.64. The zero-order valence-corrected chi connectivity index (χ0v) is 12.4. The summed E-state index contributed by atoms with van der Waals surface area (Å²) in [5.74, 6) is 1.55. The number of fused-ring (bicyclic) bond motifs is 1. The van der Waals surface area contributed by atoms with E-state index >= 15 is 0 Å². The van der Waals surface area contributed by atoms with E-state index in [-0.39, 0.29) is 0 Å². The van der Waals surface area contributed by atoms with Crippen molar-refractivity contribution in [1.82, 2.24) is 0 Å². The molecule has 0 saturated heterocycles. The minimum Gasteiger partial charge on any atom is -0.493 e. The summed E-state index contributed by atoms with van der Waals surface area (Å²) < 4.78 is 11.4. The van der Waals surface area contributed by atoms with Crippen LogP contribution in [0.2, 0.25) is 0 Å². The molecule has 2 aromatic rings. The number of nitrogens with zero attached hydrogens (tertiary/aromatic N) is 1. The Bertz CT molecular complexity index is 650. The van der Waals surface area contributed by atoms with Gasteiger partial charge in [-0.3, -0.25) is 4.99 Å². The molecule has 108 valence electrons. The summed E-state index contributed by atoms with van der Waals surface area (Å²) in [4.78, 5) is 4.46. The molecule has 3 heteroatoms. The second kappa shape index (κ2) is 6.00. The summed E-state index contributed by atoms with van der Waals surface area (Å²) in [6.45, 7) is 2.65. The van der Waals surface area contributed by atoms with Crippen LogP contribution in [-0.4, -0.2) is 19.4 Å². The lowest BCUT2D eigenvalue weighted by Crippen LogP contribution is -2.12. The third kappa shape index (κ3) is 3.07. The third-order valence-corrected chi connectivity index (χ3v) is 3.65. The average Bonchev–Trinajstić information content (AvgIpc) is 2.53. The van der Waals surface area contributed by atoms with Crippen molar-refractivity contribution in [2.45, 2.75) is 26.0 Å². The fourth-order valence-electron chi connectivity index (χ4n) is 2.50. The number of ether oxygens (including phenoxy) is 2. The molecule has 0 aliphatic carbocycles. The van der Waals surface area contributed by atoms with Crippen LogP contribution >= 0.6 is 0 Å². The smallest absolute Gasteiger partial charge is 0.162 e. The van der Waals surface area contributed by atoms with Crippen LogP contribution < -0.4 is 9.47 Å². The molecule has 1 aliphatic rings. The lowest BCUT2D eigenvalue weighted by atomic mass is 9.98. The first kappa shape index (κ1) is 13.7. The van der Waals surface area contributed by atoms with Crippen molar-refractivity contribution in [2.75, 3.05) is 7.11 Å². The summed E-state index contributed by atoms with van der Waals surface area (Å²) in [6, 6.07) is 14.5. The van der Waals surface area contributed by atoms with Crippen LogP contribution in [0.25, 0.3) is 0 Å². The van der Waals surface area contributed by atoms with Gasteiger partial charge in [-0.1, -0.05) is 30.3 Å². The fourth-order valence-corrected chi connectivity index (χ4v) is 2.50. The Morgan fingerprint density at radius 2 is 1.95 bits per heavy atom. The first-order chi connectivity index (χ1) is 10.3. The van der Waals surface area contributed by atoms with Crippen molar-refractivity contribution in [3.05, 3.63) is 59.2 Å². The molecule has 0 radical (unpaired) electrons. The van der Waals surface area contributed by atoms with Gasteiger partial charge in [-0.25, -0.2) is 0 Å². The highest BCUT2D eigenvalue weighted by Gasteiger charge is 2.16. The number of rotatable bonds is 4. The number of aliphatic imine (C=N–C) groups is 1. The predicted molar refractivity (Wildman–Crippen MR) is 84.5 cm³/mol. The molecule has 2 aromatic carbocycles. The van der Waals surface area contributed by atoms with E-state index in [0.717, 1.165) is 29.0 Å². The van der Waals surface area contributed by atoms with Gasteiger partial charge in [-0.05, 0) is 42.2 Å². The molecule has 0 amide bonds. The maximum absolute atomic E-state index is 5.92. The van der Waals surface area contributed by atoms with E-state index in [1.165, 1.54) is 5.56 Å². The maximum atomic E-state index is 5.92. The normalized spacial score (nSPS) is 16.4. The van der Waals surface area contributed by atoms with Crippen molar-refractivity contribution < 1.29 is 9.47 Å². The topological polar surface area (TPSA) is 30.8 Å². The van der Waals surface area contributed by atoms with Gasteiger partial charge in [0, 0.05) is 6.21 Å². The van der Waals surface area contributed by atoms with Crippen LogP contribution in [0.5, 0.6) is 11.5 Å². The lowest BCUT2D eigenvalue weighted by molar-refractivity contribution is 0.284. The van der Waals surface area contributed by atoms with Crippen LogP contribution in [0.3, 0.4) is 0 Å². The quantitative estimate of drug-likeness (QED) is 0.856. The number of benzene rings is 2. The second-order valence-electron chi connectivity index (χ2n) is 5.31. The van der Waals surface area contributed by atoms with Gasteiger partial charge in [-0.2, -0.15) is 0 Å².